The van der Waals surface area contributed by atoms with E-state index < -0.39 is 5.91 Å². The number of likely N-dealkylation sites (N-methyl/N-ethyl adjacent to an activating group) is 1. The molecular formula is C20H22N4O2S2. The van der Waals surface area contributed by atoms with E-state index in [0.29, 0.717) is 10.6 Å². The molecule has 8 heteroatoms. The summed E-state index contributed by atoms with van der Waals surface area (Å²) in [6.45, 7) is 4.75. The number of nitrogens with one attached hydrogen (secondary N) is 2. The first-order valence-corrected chi connectivity index (χ1v) is 10.2. The molecule has 28 heavy (non-hydrogen) atoms. The maximum atomic E-state index is 12.1. The summed E-state index contributed by atoms with van der Waals surface area (Å²) >= 11 is 6.71. The van der Waals surface area contributed by atoms with E-state index in [1.54, 1.807) is 6.08 Å². The summed E-state index contributed by atoms with van der Waals surface area (Å²) in [6.07, 6.45) is 3.89. The SMILES string of the molecule is CCN1CCc2c(sc(NC(=S)NC(=O)C=Cc3ccccc3)c2C(N)=O)C1. The molecule has 1 aromatic heterocycles. The molecule has 2 aromatic rings. The number of hydrogen-bond acceptors (Lipinski definition) is 5. The van der Waals surface area contributed by atoms with Gasteiger partial charge >= 0.3 is 0 Å². The minimum Gasteiger partial charge on any atom is -0.365 e. The molecule has 6 nitrogen and oxygen atoms in total. The van der Waals surface area contributed by atoms with Crippen LogP contribution >= 0.6 is 23.6 Å². The Morgan fingerprint density at radius 2 is 2.07 bits per heavy atom. The van der Waals surface area contributed by atoms with Gasteiger partial charge in [0.15, 0.2) is 5.11 Å². The number of amides is 2. The van der Waals surface area contributed by atoms with E-state index in [2.05, 4.69) is 22.5 Å². The zero-order valence-corrected chi connectivity index (χ0v) is 17.2. The number of benzene rings is 1. The quantitative estimate of drug-likeness (QED) is 0.517. The minimum absolute atomic E-state index is 0.135. The molecule has 0 spiro atoms. The highest BCUT2D eigenvalue weighted by Gasteiger charge is 2.26. The molecule has 0 atom stereocenters. The van der Waals surface area contributed by atoms with Gasteiger partial charge in [0.05, 0.1) is 5.56 Å². The van der Waals surface area contributed by atoms with Gasteiger partial charge in [0.2, 0.25) is 5.91 Å². The molecule has 0 unspecified atom stereocenters. The molecule has 1 aliphatic rings. The van der Waals surface area contributed by atoms with Crippen molar-refractivity contribution in [2.45, 2.75) is 19.9 Å². The lowest BCUT2D eigenvalue weighted by atomic mass is 10.0. The van der Waals surface area contributed by atoms with Crippen LogP contribution in [0, 0.1) is 0 Å². The molecule has 1 aromatic carbocycles. The van der Waals surface area contributed by atoms with Gasteiger partial charge in [-0.2, -0.15) is 0 Å². The van der Waals surface area contributed by atoms with Gasteiger partial charge in [0.25, 0.3) is 5.91 Å². The lowest BCUT2D eigenvalue weighted by Gasteiger charge is -2.25. The number of primary amides is 1. The maximum Gasteiger partial charge on any atom is 0.251 e. The number of rotatable bonds is 5. The van der Waals surface area contributed by atoms with E-state index in [9.17, 15) is 9.59 Å². The average Bonchev–Trinajstić information content (AvgIpc) is 3.03. The highest BCUT2D eigenvalue weighted by Crippen LogP contribution is 2.36. The fourth-order valence-corrected chi connectivity index (χ4v) is 4.67. The molecule has 0 bridgehead atoms. The number of thiocarbonyl (C=S) groups is 1. The van der Waals surface area contributed by atoms with Crippen molar-refractivity contribution in [1.82, 2.24) is 10.2 Å². The van der Waals surface area contributed by atoms with E-state index in [1.807, 2.05) is 30.3 Å². The third-order valence-corrected chi connectivity index (χ3v) is 5.86. The van der Waals surface area contributed by atoms with Crippen LogP contribution in [0.1, 0.15) is 33.3 Å². The zero-order chi connectivity index (χ0) is 20.1. The summed E-state index contributed by atoms with van der Waals surface area (Å²) in [5.74, 6) is -0.830. The molecule has 0 saturated carbocycles. The van der Waals surface area contributed by atoms with Crippen molar-refractivity contribution in [3.8, 4) is 0 Å². The number of nitrogens with two attached hydrogens (primary N) is 1. The third-order valence-electron chi connectivity index (χ3n) is 4.52. The highest BCUT2D eigenvalue weighted by atomic mass is 32.1. The van der Waals surface area contributed by atoms with E-state index >= 15 is 0 Å². The second-order valence-electron chi connectivity index (χ2n) is 6.38. The van der Waals surface area contributed by atoms with Crippen LogP contribution in [0.25, 0.3) is 6.08 Å². The van der Waals surface area contributed by atoms with E-state index in [1.165, 1.54) is 17.4 Å². The van der Waals surface area contributed by atoms with Crippen LogP contribution in [0.3, 0.4) is 0 Å². The van der Waals surface area contributed by atoms with Crippen molar-refractivity contribution >= 4 is 51.6 Å². The first-order chi connectivity index (χ1) is 13.5. The van der Waals surface area contributed by atoms with Crippen molar-refractivity contribution in [2.24, 2.45) is 5.73 Å². The van der Waals surface area contributed by atoms with Crippen molar-refractivity contribution in [3.63, 3.8) is 0 Å². The Labute approximate surface area is 173 Å². The van der Waals surface area contributed by atoms with Crippen molar-refractivity contribution in [2.75, 3.05) is 18.4 Å². The smallest absolute Gasteiger partial charge is 0.251 e. The summed E-state index contributed by atoms with van der Waals surface area (Å²) in [4.78, 5) is 27.5. The van der Waals surface area contributed by atoms with Gasteiger partial charge in [-0.15, -0.1) is 11.3 Å². The van der Waals surface area contributed by atoms with E-state index in [4.69, 9.17) is 18.0 Å². The Balaban J connectivity index is 1.68. The fraction of sp³-hybridized carbons (Fsp3) is 0.250. The molecule has 3 rings (SSSR count). The number of anilines is 1. The van der Waals surface area contributed by atoms with Gasteiger partial charge in [-0.3, -0.25) is 19.8 Å². The van der Waals surface area contributed by atoms with Crippen LogP contribution in [0.5, 0.6) is 0 Å². The summed E-state index contributed by atoms with van der Waals surface area (Å²) in [6, 6.07) is 9.50. The standard InChI is InChI=1S/C20H22N4O2S2/c1-2-24-11-10-14-15(12-24)28-19(17(14)18(21)26)23-20(27)22-16(25)9-8-13-6-4-3-5-7-13/h3-9H,2,10-12H2,1H3,(H2,21,26)(H2,22,23,25,27). The van der Waals surface area contributed by atoms with Crippen molar-refractivity contribution < 1.29 is 9.59 Å². The van der Waals surface area contributed by atoms with Gasteiger partial charge in [-0.1, -0.05) is 37.3 Å². The monoisotopic (exact) mass is 414 g/mol. The Bertz CT molecular complexity index is 922. The predicted molar refractivity (Wildman–Crippen MR) is 117 cm³/mol. The zero-order valence-electron chi connectivity index (χ0n) is 15.5. The van der Waals surface area contributed by atoms with Crippen molar-refractivity contribution in [1.29, 1.82) is 0 Å². The van der Waals surface area contributed by atoms with E-state index in [0.717, 1.165) is 42.1 Å². The Kier molecular flexibility index (Phi) is 6.56. The van der Waals surface area contributed by atoms with Gasteiger partial charge < -0.3 is 11.1 Å². The van der Waals surface area contributed by atoms with Crippen LogP contribution in [0.4, 0.5) is 5.00 Å². The molecule has 4 N–H and O–H groups in total. The molecule has 146 valence electrons. The molecule has 2 heterocycles. The number of carbonyl (C=O) groups excluding carboxylic acids is 2. The molecule has 0 fully saturated rings. The lowest BCUT2D eigenvalue weighted by Crippen LogP contribution is -2.33. The number of thiophene rings is 1. The highest BCUT2D eigenvalue weighted by molar-refractivity contribution is 7.80. The van der Waals surface area contributed by atoms with Crippen LogP contribution in [0.15, 0.2) is 36.4 Å². The third kappa shape index (κ3) is 4.83. The fourth-order valence-electron chi connectivity index (χ4n) is 3.10. The van der Waals surface area contributed by atoms with Crippen LogP contribution in [-0.4, -0.2) is 34.9 Å². The summed E-state index contributed by atoms with van der Waals surface area (Å²) < 4.78 is 0. The largest absolute Gasteiger partial charge is 0.365 e. The number of fused-ring (bicyclic) bond motifs is 1. The molecule has 0 aliphatic carbocycles. The molecule has 0 radical (unpaired) electrons. The minimum atomic E-state index is -0.483. The predicted octanol–water partition coefficient (Wildman–Crippen LogP) is 2.75. The first kappa shape index (κ1) is 20.2. The second kappa shape index (κ2) is 9.09. The van der Waals surface area contributed by atoms with Crippen molar-refractivity contribution in [3.05, 3.63) is 58.0 Å². The molecular weight excluding hydrogens is 392 g/mol. The average molecular weight is 415 g/mol. The second-order valence-corrected chi connectivity index (χ2v) is 7.89. The summed E-state index contributed by atoms with van der Waals surface area (Å²) in [7, 11) is 0. The van der Waals surface area contributed by atoms with Crippen LogP contribution in [-0.2, 0) is 17.8 Å². The van der Waals surface area contributed by atoms with Gasteiger partial charge in [-0.25, -0.2) is 0 Å². The Morgan fingerprint density at radius 1 is 1.32 bits per heavy atom. The summed E-state index contributed by atoms with van der Waals surface area (Å²) in [5, 5.41) is 6.31. The van der Waals surface area contributed by atoms with Crippen LogP contribution < -0.4 is 16.4 Å². The first-order valence-electron chi connectivity index (χ1n) is 8.99. The van der Waals surface area contributed by atoms with Gasteiger partial charge in [0, 0.05) is 24.0 Å². The number of nitrogens with zero attached hydrogens (tertiary/aromatic N) is 1. The number of carbonyl (C=O) groups is 2. The lowest BCUT2D eigenvalue weighted by molar-refractivity contribution is -0.115. The van der Waals surface area contributed by atoms with Crippen LogP contribution in [0.2, 0.25) is 0 Å². The topological polar surface area (TPSA) is 87.5 Å². The Morgan fingerprint density at radius 3 is 2.75 bits per heavy atom. The van der Waals surface area contributed by atoms with Gasteiger partial charge in [-0.05, 0) is 42.4 Å². The molecule has 1 aliphatic heterocycles. The summed E-state index contributed by atoms with van der Waals surface area (Å²) in [5.41, 5.74) is 7.99. The van der Waals surface area contributed by atoms with Gasteiger partial charge in [0.1, 0.15) is 5.00 Å². The molecule has 0 saturated heterocycles. The Hall–Kier alpha value is -2.55. The van der Waals surface area contributed by atoms with E-state index in [-0.39, 0.29) is 11.0 Å². The maximum absolute atomic E-state index is 12.1. The molecule has 2 amide bonds. The normalized spacial score (nSPS) is 13.9. The number of hydrogen-bond donors (Lipinski definition) is 3.